The third-order valence-corrected chi connectivity index (χ3v) is 4.03. The van der Waals surface area contributed by atoms with Crippen LogP contribution in [0, 0.1) is 5.92 Å². The van der Waals surface area contributed by atoms with E-state index in [0.29, 0.717) is 35.2 Å². The van der Waals surface area contributed by atoms with Crippen LogP contribution in [0.4, 0.5) is 16.2 Å². The van der Waals surface area contributed by atoms with E-state index in [-0.39, 0.29) is 11.5 Å². The van der Waals surface area contributed by atoms with Crippen LogP contribution in [0.2, 0.25) is 5.02 Å². The number of carbonyl (C=O) groups excluding carboxylic acids is 1. The number of nitrogens with zero attached hydrogens (tertiary/aromatic N) is 2. The number of halogens is 1. The summed E-state index contributed by atoms with van der Waals surface area (Å²) in [5.74, 6) is 0.272. The number of nitrogens with one attached hydrogen (secondary N) is 2. The number of aromatic nitrogens is 2. The summed E-state index contributed by atoms with van der Waals surface area (Å²) in [5, 5.41) is 6.36. The lowest BCUT2D eigenvalue weighted by molar-refractivity contribution is 0.147. The number of ether oxygens (including phenoxy) is 1. The van der Waals surface area contributed by atoms with Crippen LogP contribution in [0.1, 0.15) is 19.5 Å². The molecule has 146 valence electrons. The molecule has 0 unspecified atom stereocenters. The lowest BCUT2D eigenvalue weighted by Crippen LogP contribution is -2.17. The van der Waals surface area contributed by atoms with Gasteiger partial charge in [-0.1, -0.05) is 31.5 Å². The quantitative estimate of drug-likeness (QED) is 0.648. The van der Waals surface area contributed by atoms with Crippen molar-refractivity contribution in [2.24, 2.45) is 5.92 Å². The third kappa shape index (κ3) is 5.23. The van der Waals surface area contributed by atoms with Crippen molar-refractivity contribution in [2.75, 3.05) is 17.2 Å². The number of anilines is 2. The minimum Gasteiger partial charge on any atom is -0.449 e. The van der Waals surface area contributed by atoms with Gasteiger partial charge in [-0.05, 0) is 36.2 Å². The molecule has 2 aromatic heterocycles. The highest BCUT2D eigenvalue weighted by atomic mass is 35.5. The molecule has 7 nitrogen and oxygen atoms in total. The van der Waals surface area contributed by atoms with Gasteiger partial charge in [0.15, 0.2) is 0 Å². The topological polar surface area (TPSA) is 84.7 Å². The first-order valence-electron chi connectivity index (χ1n) is 8.86. The molecule has 0 saturated heterocycles. The van der Waals surface area contributed by atoms with E-state index in [1.165, 1.54) is 16.7 Å². The van der Waals surface area contributed by atoms with Crippen molar-refractivity contribution in [3.8, 4) is 0 Å². The number of benzene rings is 1. The normalized spacial score (nSPS) is 10.9. The minimum absolute atomic E-state index is 0.201. The zero-order valence-corrected chi connectivity index (χ0v) is 16.4. The summed E-state index contributed by atoms with van der Waals surface area (Å²) < 4.78 is 6.51. The average molecular weight is 401 g/mol. The number of fused-ring (bicyclic) bond motifs is 1. The number of hydrogen-bond acceptors (Lipinski definition) is 5. The van der Waals surface area contributed by atoms with Crippen LogP contribution < -0.4 is 16.2 Å². The van der Waals surface area contributed by atoms with E-state index < -0.39 is 6.09 Å². The maximum atomic E-state index is 12.2. The van der Waals surface area contributed by atoms with Crippen LogP contribution in [0.25, 0.3) is 5.65 Å². The molecule has 3 rings (SSSR count). The predicted molar refractivity (Wildman–Crippen MR) is 110 cm³/mol. The van der Waals surface area contributed by atoms with E-state index in [9.17, 15) is 9.59 Å². The van der Waals surface area contributed by atoms with Gasteiger partial charge in [-0.15, -0.1) is 0 Å². The van der Waals surface area contributed by atoms with Gasteiger partial charge in [-0.2, -0.15) is 0 Å². The molecule has 0 bridgehead atoms. The molecule has 28 heavy (non-hydrogen) atoms. The summed E-state index contributed by atoms with van der Waals surface area (Å²) in [5.41, 5.74) is 2.31. The van der Waals surface area contributed by atoms with Crippen LogP contribution in [-0.4, -0.2) is 22.1 Å². The van der Waals surface area contributed by atoms with Gasteiger partial charge in [0.1, 0.15) is 5.65 Å². The molecule has 1 aromatic carbocycles. The van der Waals surface area contributed by atoms with Crippen LogP contribution in [0.5, 0.6) is 0 Å². The largest absolute Gasteiger partial charge is 0.449 e. The highest BCUT2D eigenvalue weighted by Crippen LogP contribution is 2.16. The Hall–Kier alpha value is -3.06. The van der Waals surface area contributed by atoms with Crippen LogP contribution >= 0.6 is 11.6 Å². The summed E-state index contributed by atoms with van der Waals surface area (Å²) >= 11 is 5.92. The molecule has 8 heteroatoms. The Morgan fingerprint density at radius 2 is 2.00 bits per heavy atom. The molecule has 0 aliphatic rings. The van der Waals surface area contributed by atoms with E-state index in [4.69, 9.17) is 16.3 Å². The SMILES string of the molecule is CC(C)COC(=O)Nc1cccc(NCc2cc(=O)n3cc(Cl)ccc3n2)c1. The Morgan fingerprint density at radius 1 is 1.21 bits per heavy atom. The smallest absolute Gasteiger partial charge is 0.411 e. The number of amides is 1. The van der Waals surface area contributed by atoms with Gasteiger partial charge in [0.2, 0.25) is 0 Å². The Balaban J connectivity index is 1.66. The standard InChI is InChI=1S/C20H21ClN4O3/c1-13(2)12-28-20(27)24-16-5-3-4-15(8-16)22-10-17-9-19(26)25-11-14(21)6-7-18(25)23-17/h3-9,11,13,22H,10,12H2,1-2H3,(H,24,27). The number of carbonyl (C=O) groups is 1. The van der Waals surface area contributed by atoms with E-state index in [2.05, 4.69) is 15.6 Å². The lowest BCUT2D eigenvalue weighted by Gasteiger charge is -2.11. The van der Waals surface area contributed by atoms with Crippen molar-refractivity contribution in [1.82, 2.24) is 9.38 Å². The van der Waals surface area contributed by atoms with Crippen LogP contribution in [0.3, 0.4) is 0 Å². The number of pyridine rings is 1. The fraction of sp³-hybridized carbons (Fsp3) is 0.250. The summed E-state index contributed by atoms with van der Waals surface area (Å²) in [6.45, 7) is 4.66. The van der Waals surface area contributed by atoms with Gasteiger partial charge in [0, 0.05) is 23.6 Å². The van der Waals surface area contributed by atoms with Crippen molar-refractivity contribution < 1.29 is 9.53 Å². The molecule has 2 N–H and O–H groups in total. The van der Waals surface area contributed by atoms with Gasteiger partial charge in [0.25, 0.3) is 5.56 Å². The highest BCUT2D eigenvalue weighted by Gasteiger charge is 2.06. The molecule has 0 atom stereocenters. The number of hydrogen-bond donors (Lipinski definition) is 2. The molecule has 0 radical (unpaired) electrons. The van der Waals surface area contributed by atoms with Gasteiger partial charge >= 0.3 is 6.09 Å². The second kappa shape index (κ2) is 8.75. The van der Waals surface area contributed by atoms with E-state index in [0.717, 1.165) is 5.69 Å². The van der Waals surface area contributed by atoms with Crippen LogP contribution in [0.15, 0.2) is 53.5 Å². The summed E-state index contributed by atoms with van der Waals surface area (Å²) in [6, 6.07) is 12.1. The molecule has 0 aliphatic carbocycles. The molecule has 1 amide bonds. The molecule has 0 saturated carbocycles. The summed E-state index contributed by atoms with van der Waals surface area (Å²) in [7, 11) is 0. The van der Waals surface area contributed by atoms with Crippen molar-refractivity contribution in [1.29, 1.82) is 0 Å². The first kappa shape index (κ1) is 19.7. The molecule has 0 aliphatic heterocycles. The second-order valence-corrected chi connectivity index (χ2v) is 7.15. The van der Waals surface area contributed by atoms with Gasteiger partial charge in [-0.3, -0.25) is 14.5 Å². The van der Waals surface area contributed by atoms with E-state index in [1.807, 2.05) is 26.0 Å². The fourth-order valence-corrected chi connectivity index (χ4v) is 2.67. The maximum absolute atomic E-state index is 12.2. The highest BCUT2D eigenvalue weighted by molar-refractivity contribution is 6.30. The zero-order chi connectivity index (χ0) is 20.1. The van der Waals surface area contributed by atoms with E-state index in [1.54, 1.807) is 24.3 Å². The van der Waals surface area contributed by atoms with Crippen LogP contribution in [-0.2, 0) is 11.3 Å². The average Bonchev–Trinajstić information content (AvgIpc) is 2.66. The third-order valence-electron chi connectivity index (χ3n) is 3.81. The van der Waals surface area contributed by atoms with Gasteiger partial charge in [-0.25, -0.2) is 9.78 Å². The van der Waals surface area contributed by atoms with Crippen molar-refractivity contribution in [3.05, 3.63) is 69.7 Å². The van der Waals surface area contributed by atoms with Crippen molar-refractivity contribution in [2.45, 2.75) is 20.4 Å². The van der Waals surface area contributed by atoms with E-state index >= 15 is 0 Å². The number of rotatable bonds is 6. The maximum Gasteiger partial charge on any atom is 0.411 e. The first-order chi connectivity index (χ1) is 13.4. The van der Waals surface area contributed by atoms with Crippen molar-refractivity contribution in [3.63, 3.8) is 0 Å². The lowest BCUT2D eigenvalue weighted by atomic mass is 10.2. The monoisotopic (exact) mass is 400 g/mol. The van der Waals surface area contributed by atoms with Gasteiger partial charge < -0.3 is 10.1 Å². The Bertz CT molecular complexity index is 1050. The Labute approximate surface area is 167 Å². The molecule has 3 aromatic rings. The summed E-state index contributed by atoms with van der Waals surface area (Å²) in [6.07, 6.45) is 1.05. The Morgan fingerprint density at radius 3 is 2.79 bits per heavy atom. The molecule has 0 fully saturated rings. The minimum atomic E-state index is -0.492. The predicted octanol–water partition coefficient (Wildman–Crippen LogP) is 4.16. The first-order valence-corrected chi connectivity index (χ1v) is 9.24. The zero-order valence-electron chi connectivity index (χ0n) is 15.6. The fourth-order valence-electron chi connectivity index (χ4n) is 2.51. The Kier molecular flexibility index (Phi) is 6.16. The molecular formula is C20H21ClN4O3. The van der Waals surface area contributed by atoms with Gasteiger partial charge in [0.05, 0.1) is 23.9 Å². The summed E-state index contributed by atoms with van der Waals surface area (Å²) in [4.78, 5) is 28.5. The molecule has 0 spiro atoms. The van der Waals surface area contributed by atoms with Crippen molar-refractivity contribution >= 4 is 34.7 Å². The second-order valence-electron chi connectivity index (χ2n) is 6.71. The molecular weight excluding hydrogens is 380 g/mol. The molecule has 2 heterocycles.